The summed E-state index contributed by atoms with van der Waals surface area (Å²) in [5.74, 6) is 0.799. The Morgan fingerprint density at radius 3 is 2.53 bits per heavy atom. The fourth-order valence-electron chi connectivity index (χ4n) is 1.59. The molecular formula is C14H20N2O. The molecule has 3 nitrogen and oxygen atoms in total. The molecule has 1 rings (SSSR count). The molecule has 92 valence electrons. The molecule has 0 atom stereocenters. The third-order valence-electron chi connectivity index (χ3n) is 3.12. The molecule has 17 heavy (non-hydrogen) atoms. The van der Waals surface area contributed by atoms with Crippen molar-refractivity contribution in [2.24, 2.45) is 0 Å². The second-order valence-electron chi connectivity index (χ2n) is 4.59. The first kappa shape index (κ1) is 13.4. The van der Waals surface area contributed by atoms with Crippen LogP contribution in [0.25, 0.3) is 0 Å². The molecule has 0 spiro atoms. The van der Waals surface area contributed by atoms with E-state index in [1.165, 1.54) is 5.56 Å². The lowest BCUT2D eigenvalue weighted by Crippen LogP contribution is -2.39. The second kappa shape index (κ2) is 5.09. The number of nitriles is 1. The molecule has 0 fully saturated rings. The van der Waals surface area contributed by atoms with E-state index in [4.69, 9.17) is 4.74 Å². The van der Waals surface area contributed by atoms with Gasteiger partial charge in [-0.2, -0.15) is 5.26 Å². The van der Waals surface area contributed by atoms with Crippen molar-refractivity contribution >= 4 is 5.69 Å². The van der Waals surface area contributed by atoms with Crippen molar-refractivity contribution in [1.82, 2.24) is 0 Å². The Hall–Kier alpha value is -1.69. The van der Waals surface area contributed by atoms with Gasteiger partial charge in [0.1, 0.15) is 11.3 Å². The lowest BCUT2D eigenvalue weighted by Gasteiger charge is -2.32. The van der Waals surface area contributed by atoms with E-state index >= 15 is 0 Å². The molecule has 0 saturated heterocycles. The molecule has 0 saturated carbocycles. The van der Waals surface area contributed by atoms with Gasteiger partial charge < -0.3 is 9.64 Å². The first-order valence-electron chi connectivity index (χ1n) is 5.78. The fraction of sp³-hybridized carbons (Fsp3) is 0.500. The molecule has 0 bridgehead atoms. The van der Waals surface area contributed by atoms with Crippen molar-refractivity contribution in [3.05, 3.63) is 23.8 Å². The van der Waals surface area contributed by atoms with Gasteiger partial charge in [0, 0.05) is 7.05 Å². The largest absolute Gasteiger partial charge is 0.495 e. The van der Waals surface area contributed by atoms with Crippen molar-refractivity contribution in [1.29, 1.82) is 5.26 Å². The minimum absolute atomic E-state index is 0.556. The number of benzene rings is 1. The molecule has 1 aromatic rings. The molecule has 0 radical (unpaired) electrons. The van der Waals surface area contributed by atoms with Crippen molar-refractivity contribution in [3.8, 4) is 11.8 Å². The minimum atomic E-state index is -0.556. The summed E-state index contributed by atoms with van der Waals surface area (Å²) in [5, 5.41) is 9.18. The number of anilines is 1. The van der Waals surface area contributed by atoms with Crippen LogP contribution in [0.15, 0.2) is 18.2 Å². The van der Waals surface area contributed by atoms with E-state index in [2.05, 4.69) is 25.1 Å². The second-order valence-corrected chi connectivity index (χ2v) is 4.59. The summed E-state index contributed by atoms with van der Waals surface area (Å²) in [7, 11) is 3.57. The Morgan fingerprint density at radius 1 is 1.41 bits per heavy atom. The number of hydrogen-bond acceptors (Lipinski definition) is 3. The summed E-state index contributed by atoms with van der Waals surface area (Å²) < 4.78 is 5.35. The lowest BCUT2D eigenvalue weighted by atomic mass is 10.0. The van der Waals surface area contributed by atoms with Crippen LogP contribution >= 0.6 is 0 Å². The maximum absolute atomic E-state index is 9.18. The van der Waals surface area contributed by atoms with Crippen LogP contribution in [0, 0.1) is 11.3 Å². The van der Waals surface area contributed by atoms with Crippen LogP contribution in [-0.2, 0) is 6.42 Å². The fourth-order valence-corrected chi connectivity index (χ4v) is 1.59. The van der Waals surface area contributed by atoms with Gasteiger partial charge >= 0.3 is 0 Å². The van der Waals surface area contributed by atoms with Gasteiger partial charge in [-0.05, 0) is 38.0 Å². The molecule has 0 unspecified atom stereocenters. The molecule has 0 aliphatic heterocycles. The summed E-state index contributed by atoms with van der Waals surface area (Å²) >= 11 is 0. The van der Waals surface area contributed by atoms with E-state index in [1.54, 1.807) is 7.11 Å². The van der Waals surface area contributed by atoms with E-state index in [0.29, 0.717) is 0 Å². The van der Waals surface area contributed by atoms with Gasteiger partial charge in [-0.15, -0.1) is 0 Å². The van der Waals surface area contributed by atoms with Crippen LogP contribution in [0.4, 0.5) is 5.69 Å². The van der Waals surface area contributed by atoms with Crippen LogP contribution in [0.1, 0.15) is 26.3 Å². The standard InChI is InChI=1S/C14H20N2O/c1-6-11-7-8-13(17-5)12(9-11)16(4)14(2,3)10-15/h7-9H,6H2,1-5H3. The lowest BCUT2D eigenvalue weighted by molar-refractivity contribution is 0.412. The first-order valence-corrected chi connectivity index (χ1v) is 5.78. The Balaban J connectivity index is 3.24. The summed E-state index contributed by atoms with van der Waals surface area (Å²) in [4.78, 5) is 1.95. The van der Waals surface area contributed by atoms with E-state index < -0.39 is 5.54 Å². The first-order chi connectivity index (χ1) is 7.96. The number of rotatable bonds is 4. The predicted octanol–water partition coefficient (Wildman–Crippen LogP) is 3.00. The Morgan fingerprint density at radius 2 is 2.06 bits per heavy atom. The number of ether oxygens (including phenoxy) is 1. The number of hydrogen-bond donors (Lipinski definition) is 0. The number of nitrogens with zero attached hydrogens (tertiary/aromatic N) is 2. The zero-order valence-corrected chi connectivity index (χ0v) is 11.2. The molecule has 1 aromatic carbocycles. The van der Waals surface area contributed by atoms with Gasteiger partial charge in [0.2, 0.25) is 0 Å². The maximum Gasteiger partial charge on any atom is 0.142 e. The number of aryl methyl sites for hydroxylation is 1. The Bertz CT molecular complexity index is 432. The van der Waals surface area contributed by atoms with Crippen molar-refractivity contribution in [2.45, 2.75) is 32.7 Å². The number of methoxy groups -OCH3 is 1. The third-order valence-corrected chi connectivity index (χ3v) is 3.12. The highest BCUT2D eigenvalue weighted by Crippen LogP contribution is 2.32. The average Bonchev–Trinajstić information content (AvgIpc) is 2.36. The van der Waals surface area contributed by atoms with Crippen LogP contribution in [0.2, 0.25) is 0 Å². The van der Waals surface area contributed by atoms with Gasteiger partial charge in [-0.3, -0.25) is 0 Å². The van der Waals surface area contributed by atoms with Crippen LogP contribution in [0.3, 0.4) is 0 Å². The Labute approximate surface area is 104 Å². The Kier molecular flexibility index (Phi) is 4.01. The zero-order valence-electron chi connectivity index (χ0n) is 11.2. The topological polar surface area (TPSA) is 36.3 Å². The maximum atomic E-state index is 9.18. The molecule has 0 aliphatic carbocycles. The van der Waals surface area contributed by atoms with Gasteiger partial charge in [0.05, 0.1) is 18.9 Å². The minimum Gasteiger partial charge on any atom is -0.495 e. The molecule has 0 N–H and O–H groups in total. The molecule has 3 heteroatoms. The van der Waals surface area contributed by atoms with Crippen LogP contribution in [-0.4, -0.2) is 19.7 Å². The van der Waals surface area contributed by atoms with Crippen molar-refractivity contribution in [2.75, 3.05) is 19.1 Å². The average molecular weight is 232 g/mol. The SMILES string of the molecule is CCc1ccc(OC)c(N(C)C(C)(C)C#N)c1. The highest BCUT2D eigenvalue weighted by molar-refractivity contribution is 5.62. The summed E-state index contributed by atoms with van der Waals surface area (Å²) in [6.07, 6.45) is 0.970. The van der Waals surface area contributed by atoms with Gasteiger partial charge in [0.25, 0.3) is 0 Å². The normalized spacial score (nSPS) is 10.8. The summed E-state index contributed by atoms with van der Waals surface area (Å²) in [6, 6.07) is 8.39. The van der Waals surface area contributed by atoms with E-state index in [9.17, 15) is 5.26 Å². The van der Waals surface area contributed by atoms with Crippen molar-refractivity contribution < 1.29 is 4.74 Å². The van der Waals surface area contributed by atoms with E-state index in [0.717, 1.165) is 17.9 Å². The van der Waals surface area contributed by atoms with Crippen molar-refractivity contribution in [3.63, 3.8) is 0 Å². The van der Waals surface area contributed by atoms with Crippen LogP contribution in [0.5, 0.6) is 5.75 Å². The van der Waals surface area contributed by atoms with Gasteiger partial charge in [0.15, 0.2) is 0 Å². The van der Waals surface area contributed by atoms with Gasteiger partial charge in [-0.25, -0.2) is 0 Å². The monoisotopic (exact) mass is 232 g/mol. The smallest absolute Gasteiger partial charge is 0.142 e. The quantitative estimate of drug-likeness (QED) is 0.800. The highest BCUT2D eigenvalue weighted by atomic mass is 16.5. The van der Waals surface area contributed by atoms with E-state index in [1.807, 2.05) is 31.9 Å². The molecule has 0 aromatic heterocycles. The predicted molar refractivity (Wildman–Crippen MR) is 70.5 cm³/mol. The zero-order chi connectivity index (χ0) is 13.1. The van der Waals surface area contributed by atoms with Gasteiger partial charge in [-0.1, -0.05) is 13.0 Å². The molecule has 0 heterocycles. The van der Waals surface area contributed by atoms with Crippen LogP contribution < -0.4 is 9.64 Å². The van der Waals surface area contributed by atoms with E-state index in [-0.39, 0.29) is 0 Å². The summed E-state index contributed by atoms with van der Waals surface area (Å²) in [6.45, 7) is 5.90. The highest BCUT2D eigenvalue weighted by Gasteiger charge is 2.25. The molecule has 0 amide bonds. The molecular weight excluding hydrogens is 212 g/mol. The molecule has 0 aliphatic rings. The summed E-state index contributed by atoms with van der Waals surface area (Å²) in [5.41, 5.74) is 1.64. The third kappa shape index (κ3) is 2.71.